The molecule has 14 heteroatoms. The first-order chi connectivity index (χ1) is 18.5. The van der Waals surface area contributed by atoms with Crippen LogP contribution >= 0.6 is 23.2 Å². The van der Waals surface area contributed by atoms with Crippen LogP contribution in [0.3, 0.4) is 0 Å². The van der Waals surface area contributed by atoms with Gasteiger partial charge in [-0.3, -0.25) is 4.79 Å². The Bertz CT molecular complexity index is 1280. The van der Waals surface area contributed by atoms with E-state index >= 15 is 0 Å². The minimum atomic E-state index is -4.86. The number of aliphatic hydroxyl groups is 1. The van der Waals surface area contributed by atoms with E-state index in [4.69, 9.17) is 23.2 Å². The molecule has 1 unspecified atom stereocenters. The second-order valence-corrected chi connectivity index (χ2v) is 9.22. The highest BCUT2D eigenvalue weighted by Gasteiger charge is 2.32. The molecule has 0 spiro atoms. The number of likely N-dealkylation sites (N-methyl/N-ethyl adjacent to an activating group) is 1. The number of alkyl halides is 3. The number of hydrogen-bond acceptors (Lipinski definition) is 6. The van der Waals surface area contributed by atoms with Crippen LogP contribution in [-0.4, -0.2) is 65.2 Å². The molecule has 1 amide bonds. The largest absolute Gasteiger partial charge is 0.573 e. The topological polar surface area (TPSA) is 114 Å². The van der Waals surface area contributed by atoms with Crippen LogP contribution in [0.1, 0.15) is 25.3 Å². The maximum Gasteiger partial charge on any atom is 0.573 e. The smallest absolute Gasteiger partial charge is 0.406 e. The van der Waals surface area contributed by atoms with Gasteiger partial charge in [0.15, 0.2) is 0 Å². The van der Waals surface area contributed by atoms with Crippen LogP contribution in [0.2, 0.25) is 10.0 Å². The van der Waals surface area contributed by atoms with E-state index in [1.807, 2.05) is 6.92 Å². The van der Waals surface area contributed by atoms with Gasteiger partial charge in [0.2, 0.25) is 18.1 Å². The Kier molecular flexibility index (Phi) is 10.4. The van der Waals surface area contributed by atoms with Crippen molar-refractivity contribution in [1.29, 1.82) is 5.26 Å². The van der Waals surface area contributed by atoms with Crippen molar-refractivity contribution >= 4 is 46.5 Å². The summed E-state index contributed by atoms with van der Waals surface area (Å²) in [4.78, 5) is 17.2. The van der Waals surface area contributed by atoms with Crippen molar-refractivity contribution in [3.05, 3.63) is 58.1 Å². The maximum absolute atomic E-state index is 12.7. The lowest BCUT2D eigenvalue weighted by atomic mass is 9.93. The third-order valence-electron chi connectivity index (χ3n) is 5.80. The summed E-state index contributed by atoms with van der Waals surface area (Å²) in [7, 11) is 0. The molecule has 0 aliphatic carbocycles. The van der Waals surface area contributed by atoms with E-state index in [0.717, 1.165) is 12.1 Å². The summed E-state index contributed by atoms with van der Waals surface area (Å²) in [6.07, 6.45) is -2.00. The van der Waals surface area contributed by atoms with E-state index in [9.17, 15) is 28.3 Å². The SMILES string of the molecule is CCN(CCCC1CN(/C(=N\C#N)Nc2cccc(OC(F)(F)F)c2)N=C1c1ccc(Cl)c(Cl)c1)C(=O)CO. The number of nitriles is 1. The summed E-state index contributed by atoms with van der Waals surface area (Å²) < 4.78 is 41.9. The molecule has 0 fully saturated rings. The van der Waals surface area contributed by atoms with E-state index in [-0.39, 0.29) is 30.0 Å². The van der Waals surface area contributed by atoms with Gasteiger partial charge in [0.05, 0.1) is 22.3 Å². The minimum Gasteiger partial charge on any atom is -0.406 e. The van der Waals surface area contributed by atoms with Crippen LogP contribution < -0.4 is 10.1 Å². The summed E-state index contributed by atoms with van der Waals surface area (Å²) in [5, 5.41) is 28.1. The normalized spacial score (nSPS) is 15.5. The predicted molar refractivity (Wildman–Crippen MR) is 142 cm³/mol. The van der Waals surface area contributed by atoms with Gasteiger partial charge in [0.25, 0.3) is 0 Å². The quantitative estimate of drug-likeness (QED) is 0.241. The second-order valence-electron chi connectivity index (χ2n) is 8.40. The third kappa shape index (κ3) is 8.48. The molecular formula is C25H25Cl2F3N6O3. The third-order valence-corrected chi connectivity index (χ3v) is 6.54. The fourth-order valence-electron chi connectivity index (χ4n) is 4.04. The summed E-state index contributed by atoms with van der Waals surface area (Å²) in [5.41, 5.74) is 1.51. The van der Waals surface area contributed by atoms with Gasteiger partial charge in [0, 0.05) is 30.8 Å². The number of nitrogens with one attached hydrogen (secondary N) is 1. The van der Waals surface area contributed by atoms with Crippen molar-refractivity contribution in [3.8, 4) is 11.9 Å². The summed E-state index contributed by atoms with van der Waals surface area (Å²) >= 11 is 12.3. The molecule has 0 bridgehead atoms. The number of halogens is 5. The number of ether oxygens (including phenoxy) is 1. The minimum absolute atomic E-state index is 0.00707. The van der Waals surface area contributed by atoms with Crippen LogP contribution in [0.4, 0.5) is 18.9 Å². The highest BCUT2D eigenvalue weighted by molar-refractivity contribution is 6.42. The lowest BCUT2D eigenvalue weighted by Gasteiger charge is -2.22. The molecule has 0 saturated heterocycles. The van der Waals surface area contributed by atoms with Crippen molar-refractivity contribution in [3.63, 3.8) is 0 Å². The molecule has 0 radical (unpaired) electrons. The van der Waals surface area contributed by atoms with E-state index in [2.05, 4.69) is 20.1 Å². The molecule has 0 saturated carbocycles. The number of rotatable bonds is 9. The highest BCUT2D eigenvalue weighted by atomic mass is 35.5. The van der Waals surface area contributed by atoms with Gasteiger partial charge in [-0.1, -0.05) is 35.3 Å². The molecule has 2 aromatic carbocycles. The zero-order valence-corrected chi connectivity index (χ0v) is 22.3. The monoisotopic (exact) mass is 584 g/mol. The van der Waals surface area contributed by atoms with Crippen LogP contribution in [-0.2, 0) is 4.79 Å². The number of anilines is 1. The van der Waals surface area contributed by atoms with Crippen molar-refractivity contribution in [1.82, 2.24) is 9.91 Å². The van der Waals surface area contributed by atoms with Crippen molar-refractivity contribution < 1.29 is 27.8 Å². The molecule has 39 heavy (non-hydrogen) atoms. The van der Waals surface area contributed by atoms with Gasteiger partial charge in [-0.05, 0) is 49.6 Å². The first-order valence-electron chi connectivity index (χ1n) is 11.8. The Balaban J connectivity index is 1.85. The Morgan fingerprint density at radius 3 is 2.72 bits per heavy atom. The van der Waals surface area contributed by atoms with E-state index in [1.54, 1.807) is 29.3 Å². The molecular weight excluding hydrogens is 560 g/mol. The lowest BCUT2D eigenvalue weighted by molar-refractivity contribution is -0.274. The van der Waals surface area contributed by atoms with E-state index in [0.29, 0.717) is 47.3 Å². The number of nitrogens with zero attached hydrogens (tertiary/aromatic N) is 5. The Labute approximate surface area is 233 Å². The number of benzene rings is 2. The molecule has 3 rings (SSSR count). The number of amides is 1. The Morgan fingerprint density at radius 2 is 2.08 bits per heavy atom. The molecule has 1 heterocycles. The number of carbonyl (C=O) groups is 1. The van der Waals surface area contributed by atoms with Gasteiger partial charge in [0.1, 0.15) is 12.4 Å². The van der Waals surface area contributed by atoms with Gasteiger partial charge in [-0.2, -0.15) is 10.4 Å². The average Bonchev–Trinajstić information content (AvgIpc) is 3.31. The molecule has 1 atom stereocenters. The number of aliphatic imine (C=N–C) groups is 1. The van der Waals surface area contributed by atoms with E-state index < -0.39 is 18.7 Å². The van der Waals surface area contributed by atoms with Gasteiger partial charge >= 0.3 is 6.36 Å². The van der Waals surface area contributed by atoms with Crippen molar-refractivity contribution in [2.24, 2.45) is 16.0 Å². The molecule has 208 valence electrons. The number of carbonyl (C=O) groups excluding carboxylic acids is 1. The number of hydrazone groups is 1. The molecule has 2 N–H and O–H groups in total. The summed E-state index contributed by atoms with van der Waals surface area (Å²) in [5.74, 6) is -1.00. The highest BCUT2D eigenvalue weighted by Crippen LogP contribution is 2.30. The number of aliphatic hydroxyl groups excluding tert-OH is 1. The molecule has 9 nitrogen and oxygen atoms in total. The van der Waals surface area contributed by atoms with Crippen molar-refractivity contribution in [2.75, 3.05) is 31.6 Å². The van der Waals surface area contributed by atoms with E-state index in [1.165, 1.54) is 17.1 Å². The number of guanidine groups is 1. The van der Waals surface area contributed by atoms with Crippen LogP contribution in [0, 0.1) is 17.4 Å². The lowest BCUT2D eigenvalue weighted by Crippen LogP contribution is -2.35. The Morgan fingerprint density at radius 1 is 1.31 bits per heavy atom. The average molecular weight is 585 g/mol. The maximum atomic E-state index is 12.7. The summed E-state index contributed by atoms with van der Waals surface area (Å²) in [6, 6.07) is 10.2. The molecule has 0 aromatic heterocycles. The van der Waals surface area contributed by atoms with Crippen LogP contribution in [0.5, 0.6) is 5.75 Å². The molecule has 1 aliphatic heterocycles. The predicted octanol–water partition coefficient (Wildman–Crippen LogP) is 5.10. The zero-order chi connectivity index (χ0) is 28.6. The fourth-order valence-corrected chi connectivity index (χ4v) is 4.34. The molecule has 1 aliphatic rings. The van der Waals surface area contributed by atoms with Gasteiger partial charge in [-0.15, -0.1) is 18.2 Å². The van der Waals surface area contributed by atoms with Crippen LogP contribution in [0.15, 0.2) is 52.6 Å². The first-order valence-corrected chi connectivity index (χ1v) is 12.6. The van der Waals surface area contributed by atoms with Gasteiger partial charge in [-0.25, -0.2) is 5.01 Å². The molecule has 2 aromatic rings. The second kappa shape index (κ2) is 13.5. The van der Waals surface area contributed by atoms with Crippen LogP contribution in [0.25, 0.3) is 0 Å². The van der Waals surface area contributed by atoms with Gasteiger partial charge < -0.3 is 20.1 Å². The standard InChI is InChI=1S/C25H25Cl2F3N6O3/c1-2-35(22(38)14-37)10-4-5-17-13-36(34-23(17)16-8-9-20(26)21(27)11-16)24(32-15-31)33-18-6-3-7-19(12-18)39-25(28,29)30/h3,6-9,11-12,17,37H,2,4-5,10,13-14H2,1H3,(H,32,33). The zero-order valence-electron chi connectivity index (χ0n) is 20.8. The van der Waals surface area contributed by atoms with Crippen molar-refractivity contribution in [2.45, 2.75) is 26.1 Å². The first kappa shape index (κ1) is 30.0. The fraction of sp³-hybridized carbons (Fsp3) is 0.360. The summed E-state index contributed by atoms with van der Waals surface area (Å²) in [6.45, 7) is 2.39. The number of hydrogen-bond donors (Lipinski definition) is 2. The Hall–Kier alpha value is -3.53.